The van der Waals surface area contributed by atoms with Crippen molar-refractivity contribution >= 4 is 23.1 Å². The predicted octanol–water partition coefficient (Wildman–Crippen LogP) is 2.30. The van der Waals surface area contributed by atoms with Crippen LogP contribution < -0.4 is 10.6 Å². The quantitative estimate of drug-likeness (QED) is 0.387. The van der Waals surface area contributed by atoms with Crippen LogP contribution in [0.5, 0.6) is 0 Å². The van der Waals surface area contributed by atoms with Crippen LogP contribution in [-0.2, 0) is 4.74 Å². The van der Waals surface area contributed by atoms with Gasteiger partial charge in [0.1, 0.15) is 0 Å². The van der Waals surface area contributed by atoms with Crippen LogP contribution in [0.4, 0.5) is 5.69 Å². The zero-order chi connectivity index (χ0) is 14.5. The Morgan fingerprint density at radius 2 is 2.40 bits per heavy atom. The van der Waals surface area contributed by atoms with Crippen molar-refractivity contribution in [2.45, 2.75) is 12.8 Å². The molecule has 1 heterocycles. The first-order valence-electron chi connectivity index (χ1n) is 6.68. The minimum absolute atomic E-state index is 0.0641. The maximum Gasteiger partial charge on any atom is 0.172 e. The minimum Gasteiger partial charge on any atom is -0.409 e. The van der Waals surface area contributed by atoms with Gasteiger partial charge in [0.2, 0.25) is 0 Å². The molecule has 2 rings (SSSR count). The van der Waals surface area contributed by atoms with Crippen LogP contribution in [0.15, 0.2) is 23.4 Å². The Morgan fingerprint density at radius 3 is 3.05 bits per heavy atom. The molecule has 1 fully saturated rings. The predicted molar refractivity (Wildman–Crippen MR) is 80.8 cm³/mol. The second-order valence-corrected chi connectivity index (χ2v) is 5.55. The van der Waals surface area contributed by atoms with Crippen molar-refractivity contribution in [2.24, 2.45) is 16.8 Å². The number of halogens is 1. The van der Waals surface area contributed by atoms with Crippen LogP contribution in [0.25, 0.3) is 0 Å². The Balaban J connectivity index is 2.18. The summed E-state index contributed by atoms with van der Waals surface area (Å²) in [6.45, 7) is 2.51. The molecule has 0 amide bonds. The van der Waals surface area contributed by atoms with Gasteiger partial charge < -0.3 is 20.6 Å². The van der Waals surface area contributed by atoms with E-state index in [1.807, 2.05) is 13.1 Å². The molecule has 0 bridgehead atoms. The SMILES string of the molecule is CN(CC1CCCOC1)c1ccc(Cl)cc1C(N)=NO. The summed E-state index contributed by atoms with van der Waals surface area (Å²) >= 11 is 5.98. The number of rotatable bonds is 4. The van der Waals surface area contributed by atoms with E-state index < -0.39 is 0 Å². The molecule has 0 saturated carbocycles. The summed E-state index contributed by atoms with van der Waals surface area (Å²) in [5.74, 6) is 0.568. The van der Waals surface area contributed by atoms with Crippen molar-refractivity contribution in [2.75, 3.05) is 31.7 Å². The van der Waals surface area contributed by atoms with Crippen molar-refractivity contribution in [3.63, 3.8) is 0 Å². The smallest absolute Gasteiger partial charge is 0.172 e. The molecule has 6 heteroatoms. The zero-order valence-electron chi connectivity index (χ0n) is 11.6. The number of nitrogens with two attached hydrogens (primary N) is 1. The summed E-state index contributed by atoms with van der Waals surface area (Å²) in [6, 6.07) is 5.40. The molecule has 1 aromatic carbocycles. The van der Waals surface area contributed by atoms with Crippen molar-refractivity contribution in [1.82, 2.24) is 0 Å². The highest BCUT2D eigenvalue weighted by Gasteiger charge is 2.18. The molecular weight excluding hydrogens is 278 g/mol. The summed E-state index contributed by atoms with van der Waals surface area (Å²) in [7, 11) is 1.99. The molecule has 110 valence electrons. The number of anilines is 1. The Morgan fingerprint density at radius 1 is 1.60 bits per heavy atom. The standard InChI is InChI=1S/C14H20ClN3O2/c1-18(8-10-3-2-6-20-9-10)13-5-4-11(15)7-12(13)14(16)17-19/h4-5,7,10,19H,2-3,6,8-9H2,1H3,(H2,16,17). The Hall–Kier alpha value is -1.46. The fourth-order valence-corrected chi connectivity index (χ4v) is 2.71. The molecule has 5 nitrogen and oxygen atoms in total. The molecule has 1 saturated heterocycles. The lowest BCUT2D eigenvalue weighted by atomic mass is 10.0. The van der Waals surface area contributed by atoms with Gasteiger partial charge in [0.15, 0.2) is 5.84 Å². The summed E-state index contributed by atoms with van der Waals surface area (Å²) in [5, 5.41) is 12.5. The van der Waals surface area contributed by atoms with Crippen molar-refractivity contribution in [1.29, 1.82) is 0 Å². The highest BCUT2D eigenvalue weighted by molar-refractivity contribution is 6.31. The van der Waals surface area contributed by atoms with Gasteiger partial charge in [-0.2, -0.15) is 0 Å². The molecular formula is C14H20ClN3O2. The van der Waals surface area contributed by atoms with Crippen molar-refractivity contribution in [3.8, 4) is 0 Å². The minimum atomic E-state index is 0.0641. The molecule has 0 aliphatic carbocycles. The monoisotopic (exact) mass is 297 g/mol. The highest BCUT2D eigenvalue weighted by atomic mass is 35.5. The Labute approximate surface area is 124 Å². The molecule has 1 aliphatic rings. The van der Waals surface area contributed by atoms with Crippen LogP contribution in [0, 0.1) is 5.92 Å². The molecule has 1 atom stereocenters. The van der Waals surface area contributed by atoms with E-state index in [1.54, 1.807) is 12.1 Å². The number of hydrogen-bond donors (Lipinski definition) is 2. The summed E-state index contributed by atoms with van der Waals surface area (Å²) < 4.78 is 5.50. The van der Waals surface area contributed by atoms with E-state index in [2.05, 4.69) is 10.1 Å². The van der Waals surface area contributed by atoms with E-state index in [0.717, 1.165) is 38.3 Å². The van der Waals surface area contributed by atoms with Crippen molar-refractivity contribution in [3.05, 3.63) is 28.8 Å². The third kappa shape index (κ3) is 3.55. The molecule has 0 aromatic heterocycles. The average molecular weight is 298 g/mol. The van der Waals surface area contributed by atoms with Crippen LogP contribution >= 0.6 is 11.6 Å². The number of benzene rings is 1. The maximum absolute atomic E-state index is 8.89. The normalized spacial score (nSPS) is 19.9. The lowest BCUT2D eigenvalue weighted by molar-refractivity contribution is 0.0576. The molecule has 0 radical (unpaired) electrons. The van der Waals surface area contributed by atoms with Crippen LogP contribution in [-0.4, -0.2) is 37.8 Å². The Bertz CT molecular complexity index is 487. The second kappa shape index (κ2) is 6.81. The summed E-state index contributed by atoms with van der Waals surface area (Å²) in [4.78, 5) is 2.10. The molecule has 3 N–H and O–H groups in total. The largest absolute Gasteiger partial charge is 0.409 e. The molecule has 1 unspecified atom stereocenters. The van der Waals surface area contributed by atoms with Gasteiger partial charge in [-0.15, -0.1) is 0 Å². The fourth-order valence-electron chi connectivity index (χ4n) is 2.54. The lowest BCUT2D eigenvalue weighted by Crippen LogP contribution is -2.32. The van der Waals surface area contributed by atoms with Gasteiger partial charge in [-0.25, -0.2) is 0 Å². The lowest BCUT2D eigenvalue weighted by Gasteiger charge is -2.29. The van der Waals surface area contributed by atoms with Gasteiger partial charge in [-0.3, -0.25) is 0 Å². The van der Waals surface area contributed by atoms with Crippen LogP contribution in [0.2, 0.25) is 5.02 Å². The third-order valence-electron chi connectivity index (χ3n) is 3.54. The number of ether oxygens (including phenoxy) is 1. The van der Waals surface area contributed by atoms with E-state index in [9.17, 15) is 0 Å². The molecule has 0 spiro atoms. The van der Waals surface area contributed by atoms with E-state index in [0.29, 0.717) is 16.5 Å². The first-order chi connectivity index (χ1) is 9.61. The van der Waals surface area contributed by atoms with Gasteiger partial charge in [0.05, 0.1) is 6.61 Å². The molecule has 20 heavy (non-hydrogen) atoms. The van der Waals surface area contributed by atoms with E-state index in [-0.39, 0.29) is 5.84 Å². The van der Waals surface area contributed by atoms with E-state index in [1.165, 1.54) is 0 Å². The topological polar surface area (TPSA) is 71.1 Å². The fraction of sp³-hybridized carbons (Fsp3) is 0.500. The summed E-state index contributed by atoms with van der Waals surface area (Å²) in [6.07, 6.45) is 2.27. The van der Waals surface area contributed by atoms with Gasteiger partial charge in [-0.05, 0) is 37.0 Å². The van der Waals surface area contributed by atoms with Gasteiger partial charge >= 0.3 is 0 Å². The van der Waals surface area contributed by atoms with Gasteiger partial charge in [-0.1, -0.05) is 16.8 Å². The molecule has 1 aromatic rings. The number of amidine groups is 1. The highest BCUT2D eigenvalue weighted by Crippen LogP contribution is 2.25. The van der Waals surface area contributed by atoms with Gasteiger partial charge in [0, 0.05) is 36.5 Å². The maximum atomic E-state index is 8.89. The molecule has 1 aliphatic heterocycles. The van der Waals surface area contributed by atoms with Crippen molar-refractivity contribution < 1.29 is 9.94 Å². The van der Waals surface area contributed by atoms with Crippen LogP contribution in [0.3, 0.4) is 0 Å². The number of nitrogens with zero attached hydrogens (tertiary/aromatic N) is 2. The summed E-state index contributed by atoms with van der Waals surface area (Å²) in [5.41, 5.74) is 7.26. The first-order valence-corrected chi connectivity index (χ1v) is 7.06. The van der Waals surface area contributed by atoms with E-state index >= 15 is 0 Å². The number of oxime groups is 1. The second-order valence-electron chi connectivity index (χ2n) is 5.11. The Kier molecular flexibility index (Phi) is 5.09. The first kappa shape index (κ1) is 14.9. The zero-order valence-corrected chi connectivity index (χ0v) is 12.3. The van der Waals surface area contributed by atoms with E-state index in [4.69, 9.17) is 27.3 Å². The van der Waals surface area contributed by atoms with Gasteiger partial charge in [0.25, 0.3) is 0 Å². The number of hydrogen-bond acceptors (Lipinski definition) is 4. The average Bonchev–Trinajstić information content (AvgIpc) is 2.47. The third-order valence-corrected chi connectivity index (χ3v) is 3.78. The van der Waals surface area contributed by atoms with Crippen LogP contribution in [0.1, 0.15) is 18.4 Å².